The Morgan fingerprint density at radius 1 is 1.12 bits per heavy atom. The molecule has 1 amide bonds. The van der Waals surface area contributed by atoms with Crippen LogP contribution in [0, 0.1) is 13.8 Å². The van der Waals surface area contributed by atoms with Gasteiger partial charge in [-0.15, -0.1) is 0 Å². The second kappa shape index (κ2) is 7.79. The molecule has 0 bridgehead atoms. The molecule has 2 aliphatic heterocycles. The van der Waals surface area contributed by atoms with Crippen molar-refractivity contribution in [3.05, 3.63) is 17.6 Å². The molecule has 1 aromatic rings. The summed E-state index contributed by atoms with van der Waals surface area (Å²) < 4.78 is 16.8. The molecule has 0 saturated carbocycles. The van der Waals surface area contributed by atoms with Crippen LogP contribution in [0.2, 0.25) is 0 Å². The van der Waals surface area contributed by atoms with Crippen LogP contribution in [0.1, 0.15) is 37.2 Å². The molecule has 7 heteroatoms. The summed E-state index contributed by atoms with van der Waals surface area (Å²) in [5.41, 5.74) is 0.898. The lowest BCUT2D eigenvalue weighted by Gasteiger charge is -2.33. The van der Waals surface area contributed by atoms with Gasteiger partial charge in [-0.1, -0.05) is 0 Å². The monoisotopic (exact) mass is 335 g/mol. The molecular formula is C17H25N3O4. The Hall–Kier alpha value is -1.89. The molecule has 7 nitrogen and oxygen atoms in total. The van der Waals surface area contributed by atoms with E-state index in [0.29, 0.717) is 38.0 Å². The zero-order valence-corrected chi connectivity index (χ0v) is 14.4. The van der Waals surface area contributed by atoms with Gasteiger partial charge in [0.15, 0.2) is 0 Å². The SMILES string of the molecule is Cc1cc(OC2CCN(C(=O)OC3CCOCC3)CC2)nc(C)n1. The summed E-state index contributed by atoms with van der Waals surface area (Å²) in [5.74, 6) is 1.32. The highest BCUT2D eigenvalue weighted by Gasteiger charge is 2.27. The Kier molecular flexibility index (Phi) is 5.50. The zero-order valence-electron chi connectivity index (χ0n) is 14.4. The van der Waals surface area contributed by atoms with Gasteiger partial charge in [-0.25, -0.2) is 9.78 Å². The summed E-state index contributed by atoms with van der Waals surface area (Å²) in [7, 11) is 0. The number of carbonyl (C=O) groups excluding carboxylic acids is 1. The van der Waals surface area contributed by atoms with Crippen LogP contribution >= 0.6 is 0 Å². The van der Waals surface area contributed by atoms with Crippen LogP contribution in [0.4, 0.5) is 4.79 Å². The number of ether oxygens (including phenoxy) is 3. The van der Waals surface area contributed by atoms with Gasteiger partial charge >= 0.3 is 6.09 Å². The first-order valence-electron chi connectivity index (χ1n) is 8.62. The number of rotatable bonds is 3. The Bertz CT molecular complexity index is 547. The molecule has 1 aromatic heterocycles. The van der Waals surface area contributed by atoms with E-state index in [4.69, 9.17) is 14.2 Å². The van der Waals surface area contributed by atoms with Crippen molar-refractivity contribution >= 4 is 6.09 Å². The van der Waals surface area contributed by atoms with E-state index >= 15 is 0 Å². The van der Waals surface area contributed by atoms with Crippen LogP contribution in [0.3, 0.4) is 0 Å². The molecular weight excluding hydrogens is 310 g/mol. The fraction of sp³-hybridized carbons (Fsp3) is 0.706. The standard InChI is InChI=1S/C17H25N3O4/c1-12-11-16(19-13(2)18-12)23-14-3-7-20(8-4-14)17(21)24-15-5-9-22-10-6-15/h11,14-15H,3-10H2,1-2H3. The molecule has 0 radical (unpaired) electrons. The number of aromatic nitrogens is 2. The number of hydrogen-bond acceptors (Lipinski definition) is 6. The topological polar surface area (TPSA) is 73.8 Å². The minimum absolute atomic E-state index is 0.00723. The van der Waals surface area contributed by atoms with Gasteiger partial charge in [-0.3, -0.25) is 0 Å². The third kappa shape index (κ3) is 4.56. The lowest BCUT2D eigenvalue weighted by atomic mass is 10.1. The smallest absolute Gasteiger partial charge is 0.410 e. The van der Waals surface area contributed by atoms with E-state index in [0.717, 1.165) is 31.4 Å². The number of amides is 1. The largest absolute Gasteiger partial charge is 0.474 e. The molecule has 2 saturated heterocycles. The van der Waals surface area contributed by atoms with E-state index in [2.05, 4.69) is 9.97 Å². The van der Waals surface area contributed by atoms with Crippen LogP contribution in [0.5, 0.6) is 5.88 Å². The summed E-state index contributed by atoms with van der Waals surface area (Å²) in [6.07, 6.45) is 3.00. The van der Waals surface area contributed by atoms with Gasteiger partial charge in [0, 0.05) is 50.5 Å². The van der Waals surface area contributed by atoms with Gasteiger partial charge in [0.25, 0.3) is 0 Å². The molecule has 3 rings (SSSR count). The van der Waals surface area contributed by atoms with E-state index in [1.165, 1.54) is 0 Å². The summed E-state index contributed by atoms with van der Waals surface area (Å²) in [4.78, 5) is 22.5. The third-order valence-corrected chi connectivity index (χ3v) is 4.37. The van der Waals surface area contributed by atoms with E-state index in [1.807, 2.05) is 19.9 Å². The van der Waals surface area contributed by atoms with Crippen molar-refractivity contribution in [2.45, 2.75) is 51.7 Å². The predicted molar refractivity (Wildman–Crippen MR) is 87.1 cm³/mol. The molecule has 2 aliphatic rings. The molecule has 0 atom stereocenters. The van der Waals surface area contributed by atoms with Crippen LogP contribution in [0.25, 0.3) is 0 Å². The lowest BCUT2D eigenvalue weighted by molar-refractivity contribution is -0.0151. The predicted octanol–water partition coefficient (Wildman–Crippen LogP) is 2.25. The van der Waals surface area contributed by atoms with Crippen molar-refractivity contribution in [2.75, 3.05) is 26.3 Å². The molecule has 0 aliphatic carbocycles. The first kappa shape index (κ1) is 17.0. The van der Waals surface area contributed by atoms with Crippen molar-refractivity contribution < 1.29 is 19.0 Å². The Labute approximate surface area is 142 Å². The number of carbonyl (C=O) groups is 1. The first-order valence-corrected chi connectivity index (χ1v) is 8.62. The zero-order chi connectivity index (χ0) is 16.9. The van der Waals surface area contributed by atoms with Crippen molar-refractivity contribution in [3.8, 4) is 5.88 Å². The Morgan fingerprint density at radius 2 is 1.83 bits per heavy atom. The molecule has 24 heavy (non-hydrogen) atoms. The maximum atomic E-state index is 12.2. The molecule has 0 spiro atoms. The molecule has 3 heterocycles. The van der Waals surface area contributed by atoms with Gasteiger partial charge in [-0.05, 0) is 13.8 Å². The molecule has 0 N–H and O–H groups in total. The van der Waals surface area contributed by atoms with Gasteiger partial charge in [-0.2, -0.15) is 4.98 Å². The summed E-state index contributed by atoms with van der Waals surface area (Å²) in [6.45, 7) is 6.42. The average Bonchev–Trinajstić information content (AvgIpc) is 2.55. The normalized spacial score (nSPS) is 20.0. The van der Waals surface area contributed by atoms with Crippen molar-refractivity contribution in [3.63, 3.8) is 0 Å². The van der Waals surface area contributed by atoms with Crippen LogP contribution in [-0.4, -0.2) is 59.5 Å². The Balaban J connectivity index is 1.45. The second-order valence-electron chi connectivity index (χ2n) is 6.39. The number of aryl methyl sites for hydroxylation is 2. The number of piperidine rings is 1. The molecule has 0 unspecified atom stereocenters. The van der Waals surface area contributed by atoms with Crippen LogP contribution < -0.4 is 4.74 Å². The fourth-order valence-electron chi connectivity index (χ4n) is 3.08. The lowest BCUT2D eigenvalue weighted by Crippen LogP contribution is -2.43. The van der Waals surface area contributed by atoms with Crippen molar-refractivity contribution in [1.29, 1.82) is 0 Å². The maximum Gasteiger partial charge on any atom is 0.410 e. The van der Waals surface area contributed by atoms with Crippen LogP contribution in [0.15, 0.2) is 6.07 Å². The van der Waals surface area contributed by atoms with Crippen LogP contribution in [-0.2, 0) is 9.47 Å². The number of hydrogen-bond donors (Lipinski definition) is 0. The summed E-state index contributed by atoms with van der Waals surface area (Å²) in [6, 6.07) is 1.85. The summed E-state index contributed by atoms with van der Waals surface area (Å²) in [5, 5.41) is 0. The van der Waals surface area contributed by atoms with Gasteiger partial charge < -0.3 is 19.1 Å². The average molecular weight is 335 g/mol. The van der Waals surface area contributed by atoms with Crippen molar-refractivity contribution in [1.82, 2.24) is 14.9 Å². The highest BCUT2D eigenvalue weighted by Crippen LogP contribution is 2.20. The Morgan fingerprint density at radius 3 is 2.50 bits per heavy atom. The maximum absolute atomic E-state index is 12.2. The summed E-state index contributed by atoms with van der Waals surface area (Å²) >= 11 is 0. The number of likely N-dealkylation sites (tertiary alicyclic amines) is 1. The quantitative estimate of drug-likeness (QED) is 0.843. The van der Waals surface area contributed by atoms with Crippen molar-refractivity contribution in [2.24, 2.45) is 0 Å². The minimum Gasteiger partial charge on any atom is -0.474 e. The second-order valence-corrected chi connectivity index (χ2v) is 6.39. The van der Waals surface area contributed by atoms with Gasteiger partial charge in [0.2, 0.25) is 5.88 Å². The van der Waals surface area contributed by atoms with E-state index in [-0.39, 0.29) is 18.3 Å². The highest BCUT2D eigenvalue weighted by atomic mass is 16.6. The molecule has 0 aromatic carbocycles. The first-order chi connectivity index (χ1) is 11.6. The van der Waals surface area contributed by atoms with Gasteiger partial charge in [0.05, 0.1) is 13.2 Å². The van der Waals surface area contributed by atoms with E-state index in [1.54, 1.807) is 4.90 Å². The van der Waals surface area contributed by atoms with Gasteiger partial charge in [0.1, 0.15) is 18.0 Å². The minimum atomic E-state index is -0.214. The molecule has 2 fully saturated rings. The number of nitrogens with zero attached hydrogens (tertiary/aromatic N) is 3. The molecule has 132 valence electrons. The van der Waals surface area contributed by atoms with E-state index < -0.39 is 0 Å². The van der Waals surface area contributed by atoms with E-state index in [9.17, 15) is 4.79 Å². The highest BCUT2D eigenvalue weighted by molar-refractivity contribution is 5.68. The fourth-order valence-corrected chi connectivity index (χ4v) is 3.08. The third-order valence-electron chi connectivity index (χ3n) is 4.37.